The van der Waals surface area contributed by atoms with Crippen LogP contribution in [0.1, 0.15) is 33.1 Å². The van der Waals surface area contributed by atoms with Crippen LogP contribution in [0.3, 0.4) is 0 Å². The summed E-state index contributed by atoms with van der Waals surface area (Å²) in [5.74, 6) is 0.760. The van der Waals surface area contributed by atoms with Gasteiger partial charge in [0.2, 0.25) is 0 Å². The summed E-state index contributed by atoms with van der Waals surface area (Å²) >= 11 is 0. The van der Waals surface area contributed by atoms with Crippen LogP contribution in [0, 0.1) is 5.92 Å². The molecule has 3 heteroatoms. The monoisotopic (exact) mass is 226 g/mol. The van der Waals surface area contributed by atoms with Crippen molar-refractivity contribution >= 4 is 0 Å². The number of nitrogens with zero attached hydrogens (tertiary/aromatic N) is 1. The molecule has 2 aliphatic rings. The molecule has 0 aromatic heterocycles. The zero-order valence-electron chi connectivity index (χ0n) is 10.7. The Bertz CT molecular complexity index is 210. The average Bonchev–Trinajstić information content (AvgIpc) is 2.55. The van der Waals surface area contributed by atoms with Crippen LogP contribution in [-0.4, -0.2) is 49.8 Å². The van der Waals surface area contributed by atoms with Gasteiger partial charge < -0.3 is 15.0 Å². The maximum Gasteiger partial charge on any atom is 0.0588 e. The van der Waals surface area contributed by atoms with Gasteiger partial charge in [0.15, 0.2) is 0 Å². The topological polar surface area (TPSA) is 24.5 Å². The van der Waals surface area contributed by atoms with E-state index in [0.29, 0.717) is 12.1 Å². The van der Waals surface area contributed by atoms with Gasteiger partial charge in [-0.25, -0.2) is 0 Å². The highest BCUT2D eigenvalue weighted by Crippen LogP contribution is 2.22. The van der Waals surface area contributed by atoms with Crippen LogP contribution in [0.2, 0.25) is 0 Å². The van der Waals surface area contributed by atoms with Gasteiger partial charge in [-0.2, -0.15) is 0 Å². The largest absolute Gasteiger partial charge is 0.378 e. The van der Waals surface area contributed by atoms with E-state index in [1.165, 1.54) is 45.4 Å². The van der Waals surface area contributed by atoms with Crippen LogP contribution in [0.25, 0.3) is 0 Å². The molecule has 3 nitrogen and oxygen atoms in total. The Morgan fingerprint density at radius 1 is 1.44 bits per heavy atom. The molecular formula is C13H26N2O. The molecule has 94 valence electrons. The molecular weight excluding hydrogens is 200 g/mol. The second-order valence-corrected chi connectivity index (χ2v) is 5.30. The minimum absolute atomic E-state index is 0.469. The zero-order chi connectivity index (χ0) is 11.4. The van der Waals surface area contributed by atoms with Crippen LogP contribution in [0.5, 0.6) is 0 Å². The van der Waals surface area contributed by atoms with E-state index in [4.69, 9.17) is 4.74 Å². The molecule has 0 amide bonds. The van der Waals surface area contributed by atoms with E-state index in [-0.39, 0.29) is 0 Å². The Hall–Kier alpha value is -0.120. The third-order valence-corrected chi connectivity index (χ3v) is 4.08. The smallest absolute Gasteiger partial charge is 0.0588 e. The summed E-state index contributed by atoms with van der Waals surface area (Å²) in [6.45, 7) is 10.4. The molecule has 3 unspecified atom stereocenters. The fourth-order valence-corrected chi connectivity index (χ4v) is 2.86. The maximum absolute atomic E-state index is 5.65. The van der Waals surface area contributed by atoms with Gasteiger partial charge in [-0.1, -0.05) is 6.92 Å². The van der Waals surface area contributed by atoms with Crippen molar-refractivity contribution in [3.63, 3.8) is 0 Å². The van der Waals surface area contributed by atoms with E-state index in [1.807, 2.05) is 0 Å². The zero-order valence-corrected chi connectivity index (χ0v) is 10.7. The molecule has 0 bridgehead atoms. The standard InChI is InChI=1S/C13H26N2O/c1-3-13-10-15(7-4-6-14-13)9-12-5-8-16-11(12)2/h11-14H,3-10H2,1-2H3. The second kappa shape index (κ2) is 5.99. The average molecular weight is 226 g/mol. The summed E-state index contributed by atoms with van der Waals surface area (Å²) in [4.78, 5) is 2.64. The van der Waals surface area contributed by atoms with Crippen molar-refractivity contribution in [2.24, 2.45) is 5.92 Å². The van der Waals surface area contributed by atoms with Crippen molar-refractivity contribution in [3.05, 3.63) is 0 Å². The molecule has 2 rings (SSSR count). The Morgan fingerprint density at radius 3 is 3.00 bits per heavy atom. The van der Waals surface area contributed by atoms with Crippen LogP contribution in [0.4, 0.5) is 0 Å². The van der Waals surface area contributed by atoms with Gasteiger partial charge in [0.05, 0.1) is 6.10 Å². The van der Waals surface area contributed by atoms with Crippen LogP contribution in [-0.2, 0) is 4.74 Å². The van der Waals surface area contributed by atoms with Gasteiger partial charge in [-0.3, -0.25) is 0 Å². The van der Waals surface area contributed by atoms with Crippen molar-refractivity contribution < 1.29 is 4.74 Å². The number of rotatable bonds is 3. The summed E-state index contributed by atoms with van der Waals surface area (Å²) in [6.07, 6.45) is 4.25. The predicted molar refractivity (Wildman–Crippen MR) is 66.7 cm³/mol. The molecule has 2 fully saturated rings. The lowest BCUT2D eigenvalue weighted by Gasteiger charge is -2.27. The Kier molecular flexibility index (Phi) is 4.62. The highest BCUT2D eigenvalue weighted by atomic mass is 16.5. The molecule has 0 radical (unpaired) electrons. The predicted octanol–water partition coefficient (Wildman–Crippen LogP) is 1.49. The summed E-state index contributed by atoms with van der Waals surface area (Å²) in [6, 6.07) is 0.695. The number of hydrogen-bond acceptors (Lipinski definition) is 3. The van der Waals surface area contributed by atoms with E-state index in [9.17, 15) is 0 Å². The summed E-state index contributed by atoms with van der Waals surface area (Å²) in [5.41, 5.74) is 0. The fraction of sp³-hybridized carbons (Fsp3) is 1.00. The first kappa shape index (κ1) is 12.3. The van der Waals surface area contributed by atoms with E-state index in [0.717, 1.165) is 12.5 Å². The van der Waals surface area contributed by atoms with Crippen LogP contribution >= 0.6 is 0 Å². The lowest BCUT2D eigenvalue weighted by atomic mass is 10.0. The van der Waals surface area contributed by atoms with Crippen molar-refractivity contribution in [1.29, 1.82) is 0 Å². The quantitative estimate of drug-likeness (QED) is 0.789. The van der Waals surface area contributed by atoms with E-state index >= 15 is 0 Å². The minimum Gasteiger partial charge on any atom is -0.378 e. The van der Waals surface area contributed by atoms with Crippen molar-refractivity contribution in [1.82, 2.24) is 10.2 Å². The lowest BCUT2D eigenvalue weighted by Crippen LogP contribution is -2.40. The van der Waals surface area contributed by atoms with Gasteiger partial charge in [-0.15, -0.1) is 0 Å². The fourth-order valence-electron chi connectivity index (χ4n) is 2.86. The molecule has 2 saturated heterocycles. The van der Waals surface area contributed by atoms with E-state index in [1.54, 1.807) is 0 Å². The van der Waals surface area contributed by atoms with Crippen LogP contribution in [0.15, 0.2) is 0 Å². The molecule has 2 aliphatic heterocycles. The van der Waals surface area contributed by atoms with E-state index in [2.05, 4.69) is 24.1 Å². The van der Waals surface area contributed by atoms with Crippen molar-refractivity contribution in [3.8, 4) is 0 Å². The van der Waals surface area contributed by atoms with Crippen molar-refractivity contribution in [2.75, 3.05) is 32.8 Å². The molecule has 0 spiro atoms. The molecule has 2 heterocycles. The summed E-state index contributed by atoms with van der Waals surface area (Å²) in [5, 5.41) is 3.62. The first-order valence-electron chi connectivity index (χ1n) is 6.87. The minimum atomic E-state index is 0.469. The molecule has 16 heavy (non-hydrogen) atoms. The first-order valence-corrected chi connectivity index (χ1v) is 6.87. The molecule has 0 aromatic carbocycles. The van der Waals surface area contributed by atoms with Gasteiger partial charge in [0, 0.05) is 25.7 Å². The third-order valence-electron chi connectivity index (χ3n) is 4.08. The number of hydrogen-bond donors (Lipinski definition) is 1. The normalized spacial score (nSPS) is 37.5. The SMILES string of the molecule is CCC1CN(CC2CCOC2C)CCCN1. The Labute approximate surface area is 99.5 Å². The van der Waals surface area contributed by atoms with Crippen LogP contribution < -0.4 is 5.32 Å². The van der Waals surface area contributed by atoms with Gasteiger partial charge in [-0.05, 0) is 45.2 Å². The summed E-state index contributed by atoms with van der Waals surface area (Å²) < 4.78 is 5.65. The highest BCUT2D eigenvalue weighted by Gasteiger charge is 2.27. The maximum atomic E-state index is 5.65. The summed E-state index contributed by atoms with van der Waals surface area (Å²) in [7, 11) is 0. The highest BCUT2D eigenvalue weighted by molar-refractivity contribution is 4.80. The van der Waals surface area contributed by atoms with Crippen molar-refractivity contribution in [2.45, 2.75) is 45.3 Å². The molecule has 1 N–H and O–H groups in total. The number of ether oxygens (including phenoxy) is 1. The first-order chi connectivity index (χ1) is 7.79. The van der Waals surface area contributed by atoms with Gasteiger partial charge >= 0.3 is 0 Å². The molecule has 0 aliphatic carbocycles. The molecule has 3 atom stereocenters. The van der Waals surface area contributed by atoms with E-state index < -0.39 is 0 Å². The number of nitrogens with one attached hydrogen (secondary N) is 1. The second-order valence-electron chi connectivity index (χ2n) is 5.30. The van der Waals surface area contributed by atoms with Gasteiger partial charge in [0.25, 0.3) is 0 Å². The van der Waals surface area contributed by atoms with Gasteiger partial charge in [0.1, 0.15) is 0 Å². The molecule has 0 saturated carbocycles. The third kappa shape index (κ3) is 3.19. The Balaban J connectivity index is 1.82. The molecule has 0 aromatic rings. The Morgan fingerprint density at radius 2 is 2.31 bits per heavy atom. The lowest BCUT2D eigenvalue weighted by molar-refractivity contribution is 0.0920.